The molecule has 4 unspecified atom stereocenters. The molecule has 16 heavy (non-hydrogen) atoms. The van der Waals surface area contributed by atoms with Crippen LogP contribution in [0.15, 0.2) is 0 Å². The third-order valence-electron chi connectivity index (χ3n) is 5.63. The molecule has 0 aromatic rings. The van der Waals surface area contributed by atoms with Gasteiger partial charge in [-0.2, -0.15) is 0 Å². The summed E-state index contributed by atoms with van der Waals surface area (Å²) in [6, 6.07) is 0. The van der Waals surface area contributed by atoms with Gasteiger partial charge in [0, 0.05) is 5.41 Å². The summed E-state index contributed by atoms with van der Waals surface area (Å²) in [5.41, 5.74) is 0.780. The zero-order valence-corrected chi connectivity index (χ0v) is 12.6. The van der Waals surface area contributed by atoms with Crippen molar-refractivity contribution in [1.29, 1.82) is 0 Å². The molecule has 1 aliphatic rings. The van der Waals surface area contributed by atoms with E-state index in [1.165, 1.54) is 12.8 Å². The zero-order chi connectivity index (χ0) is 12.7. The molecule has 0 radical (unpaired) electrons. The second-order valence-electron chi connectivity index (χ2n) is 7.38. The lowest BCUT2D eigenvalue weighted by Crippen LogP contribution is -2.37. The lowest BCUT2D eigenvalue weighted by Gasteiger charge is -2.38. The molecule has 1 aliphatic carbocycles. The molecule has 94 valence electrons. The summed E-state index contributed by atoms with van der Waals surface area (Å²) >= 11 is 0. The van der Waals surface area contributed by atoms with Crippen molar-refractivity contribution in [2.24, 2.45) is 28.6 Å². The van der Waals surface area contributed by atoms with E-state index in [2.05, 4.69) is 55.4 Å². The van der Waals surface area contributed by atoms with Gasteiger partial charge in [0.05, 0.1) is 19.8 Å². The molecule has 0 heteroatoms. The van der Waals surface area contributed by atoms with E-state index >= 15 is 0 Å². The minimum atomic E-state index is 0.381. The van der Waals surface area contributed by atoms with E-state index in [9.17, 15) is 0 Å². The SMILES string of the molecule is CCC1C(C)C1CC(C)([C+](C)C)C(C)(C)C. The van der Waals surface area contributed by atoms with E-state index in [0.717, 1.165) is 17.8 Å². The molecular formula is C16H31+. The maximum Gasteiger partial charge on any atom is 0.112 e. The van der Waals surface area contributed by atoms with Gasteiger partial charge in [-0.05, 0) is 31.1 Å². The van der Waals surface area contributed by atoms with Crippen molar-refractivity contribution in [2.45, 2.75) is 68.2 Å². The summed E-state index contributed by atoms with van der Waals surface area (Å²) in [5, 5.41) is 0. The Morgan fingerprint density at radius 1 is 1.00 bits per heavy atom. The second-order valence-corrected chi connectivity index (χ2v) is 7.38. The molecule has 0 heterocycles. The van der Waals surface area contributed by atoms with Crippen LogP contribution >= 0.6 is 0 Å². The van der Waals surface area contributed by atoms with Gasteiger partial charge in [-0.25, -0.2) is 0 Å². The van der Waals surface area contributed by atoms with Crippen LogP contribution in [-0.4, -0.2) is 0 Å². The summed E-state index contributed by atoms with van der Waals surface area (Å²) in [5.74, 6) is 4.55. The topological polar surface area (TPSA) is 0 Å². The molecule has 1 rings (SSSR count). The Kier molecular flexibility index (Phi) is 3.72. The molecule has 0 aromatic heterocycles. The van der Waals surface area contributed by atoms with Gasteiger partial charge in [0.15, 0.2) is 0 Å². The van der Waals surface area contributed by atoms with E-state index in [4.69, 9.17) is 0 Å². The third kappa shape index (κ3) is 2.26. The molecule has 0 spiro atoms. The Labute approximate surface area is 103 Å². The summed E-state index contributed by atoms with van der Waals surface area (Å²) in [6.45, 7) is 19.1. The van der Waals surface area contributed by atoms with Gasteiger partial charge in [0.2, 0.25) is 0 Å². The Balaban J connectivity index is 2.75. The van der Waals surface area contributed by atoms with Crippen molar-refractivity contribution in [3.63, 3.8) is 0 Å². The first-order valence-electron chi connectivity index (χ1n) is 6.95. The summed E-state index contributed by atoms with van der Waals surface area (Å²) in [6.07, 6.45) is 2.76. The van der Waals surface area contributed by atoms with E-state index < -0.39 is 0 Å². The van der Waals surface area contributed by atoms with Gasteiger partial charge in [-0.1, -0.05) is 41.0 Å². The Morgan fingerprint density at radius 3 is 1.75 bits per heavy atom. The van der Waals surface area contributed by atoms with Crippen molar-refractivity contribution in [2.75, 3.05) is 0 Å². The average molecular weight is 223 g/mol. The molecule has 0 aromatic carbocycles. The molecule has 0 N–H and O–H groups in total. The number of rotatable bonds is 4. The summed E-state index contributed by atoms with van der Waals surface area (Å²) < 4.78 is 0. The van der Waals surface area contributed by atoms with Gasteiger partial charge in [0.1, 0.15) is 5.41 Å². The standard InChI is InChI=1S/C16H31/c1-9-13-12(4)14(13)10-16(8,11(2)3)15(5,6)7/h12-14H,9-10H2,1-8H3/q+1. The summed E-state index contributed by atoms with van der Waals surface area (Å²) in [7, 11) is 0. The normalized spacial score (nSPS) is 33.4. The van der Waals surface area contributed by atoms with Gasteiger partial charge >= 0.3 is 0 Å². The maximum absolute atomic E-state index is 2.47. The van der Waals surface area contributed by atoms with Crippen molar-refractivity contribution < 1.29 is 0 Å². The van der Waals surface area contributed by atoms with Crippen LogP contribution in [0.25, 0.3) is 0 Å². The van der Waals surface area contributed by atoms with E-state index in [1.807, 2.05) is 0 Å². The van der Waals surface area contributed by atoms with Gasteiger partial charge in [-0.3, -0.25) is 0 Å². The molecule has 1 saturated carbocycles. The first kappa shape index (κ1) is 13.9. The first-order valence-corrected chi connectivity index (χ1v) is 6.95. The van der Waals surface area contributed by atoms with Crippen LogP contribution in [-0.2, 0) is 0 Å². The van der Waals surface area contributed by atoms with Crippen LogP contribution in [0.4, 0.5) is 0 Å². The monoisotopic (exact) mass is 223 g/mol. The number of hydrogen-bond acceptors (Lipinski definition) is 0. The van der Waals surface area contributed by atoms with Crippen LogP contribution in [0.1, 0.15) is 68.2 Å². The molecule has 0 aliphatic heterocycles. The molecule has 1 fully saturated rings. The Bertz CT molecular complexity index is 233. The third-order valence-corrected chi connectivity index (χ3v) is 5.63. The fourth-order valence-electron chi connectivity index (χ4n) is 3.38. The van der Waals surface area contributed by atoms with Crippen LogP contribution in [0, 0.1) is 34.5 Å². The van der Waals surface area contributed by atoms with Crippen molar-refractivity contribution in [3.05, 3.63) is 5.92 Å². The van der Waals surface area contributed by atoms with Crippen LogP contribution in [0.2, 0.25) is 0 Å². The molecule has 0 nitrogen and oxygen atoms in total. The fourth-order valence-corrected chi connectivity index (χ4v) is 3.38. The van der Waals surface area contributed by atoms with Crippen molar-refractivity contribution in [3.8, 4) is 0 Å². The average Bonchev–Trinajstić information content (AvgIpc) is 2.73. The smallest absolute Gasteiger partial charge is 0.0651 e. The fraction of sp³-hybridized carbons (Fsp3) is 0.938. The first-order chi connectivity index (χ1) is 7.15. The van der Waals surface area contributed by atoms with Gasteiger partial charge in [-0.15, -0.1) is 0 Å². The van der Waals surface area contributed by atoms with E-state index in [-0.39, 0.29) is 0 Å². The Hall–Kier alpha value is -0.130. The minimum Gasteiger partial charge on any atom is -0.0651 e. The molecule has 4 atom stereocenters. The molecule has 0 amide bonds. The van der Waals surface area contributed by atoms with E-state index in [1.54, 1.807) is 5.92 Å². The predicted octanol–water partition coefficient (Wildman–Crippen LogP) is 5.34. The molecule has 0 saturated heterocycles. The van der Waals surface area contributed by atoms with Crippen LogP contribution in [0.3, 0.4) is 0 Å². The van der Waals surface area contributed by atoms with E-state index in [0.29, 0.717) is 10.8 Å². The van der Waals surface area contributed by atoms with Gasteiger partial charge < -0.3 is 0 Å². The highest BCUT2D eigenvalue weighted by Gasteiger charge is 2.56. The molecular weight excluding hydrogens is 192 g/mol. The lowest BCUT2D eigenvalue weighted by molar-refractivity contribution is 0.103. The zero-order valence-electron chi connectivity index (χ0n) is 12.6. The van der Waals surface area contributed by atoms with Crippen molar-refractivity contribution in [1.82, 2.24) is 0 Å². The molecule has 0 bridgehead atoms. The maximum atomic E-state index is 2.47. The summed E-state index contributed by atoms with van der Waals surface area (Å²) in [4.78, 5) is 0. The Morgan fingerprint density at radius 2 is 1.50 bits per heavy atom. The predicted molar refractivity (Wildman–Crippen MR) is 73.2 cm³/mol. The lowest BCUT2D eigenvalue weighted by atomic mass is 9.59. The second kappa shape index (κ2) is 4.27. The van der Waals surface area contributed by atoms with Crippen LogP contribution in [0.5, 0.6) is 0 Å². The quantitative estimate of drug-likeness (QED) is 0.565. The van der Waals surface area contributed by atoms with Crippen LogP contribution < -0.4 is 0 Å². The highest BCUT2D eigenvalue weighted by molar-refractivity contribution is 5.09. The largest absolute Gasteiger partial charge is 0.112 e. The minimum absolute atomic E-state index is 0.381. The number of hydrogen-bond donors (Lipinski definition) is 0. The highest BCUT2D eigenvalue weighted by atomic mass is 14.6. The van der Waals surface area contributed by atoms with Gasteiger partial charge in [0.25, 0.3) is 0 Å². The highest BCUT2D eigenvalue weighted by Crippen LogP contribution is 2.59. The van der Waals surface area contributed by atoms with Crippen molar-refractivity contribution >= 4 is 0 Å².